The molecule has 0 aliphatic carbocycles. The van der Waals surface area contributed by atoms with Crippen molar-refractivity contribution in [1.82, 2.24) is 0 Å². The van der Waals surface area contributed by atoms with E-state index in [4.69, 9.17) is 80.5 Å². The Labute approximate surface area is 635 Å². The van der Waals surface area contributed by atoms with Crippen molar-refractivity contribution in [3.63, 3.8) is 0 Å². The number of rotatable bonds is 22. The zero-order valence-corrected chi connectivity index (χ0v) is 63.1. The van der Waals surface area contributed by atoms with E-state index in [2.05, 4.69) is 0 Å². The molecule has 9 heterocycles. The summed E-state index contributed by atoms with van der Waals surface area (Å²) in [5, 5.41) is 252. The Hall–Kier alpha value is 1.20. The molecule has 2 radical (unpaired) electrons. The second-order valence-electron chi connectivity index (χ2n) is 25.5. The molecular formula is C55H94Ac2N2O40-2. The van der Waals surface area contributed by atoms with Crippen molar-refractivity contribution >= 4 is 0 Å². The van der Waals surface area contributed by atoms with Crippen molar-refractivity contribution in [2.45, 2.75) is 304 Å². The Balaban J connectivity index is 0.00000689. The molecule has 9 fully saturated rings. The van der Waals surface area contributed by atoms with Crippen LogP contribution in [0.15, 0.2) is 0 Å². The van der Waals surface area contributed by atoms with Crippen LogP contribution in [0.5, 0.6) is 0 Å². The van der Waals surface area contributed by atoms with Crippen LogP contribution in [0.2, 0.25) is 0 Å². The summed E-state index contributed by atoms with van der Waals surface area (Å²) in [7, 11) is 0. The molecule has 0 bridgehead atoms. The number of nitrogens with one attached hydrogen (secondary N) is 2. The van der Waals surface area contributed by atoms with Gasteiger partial charge in [-0.25, -0.2) is 0 Å². The van der Waals surface area contributed by atoms with Gasteiger partial charge in [0.2, 0.25) is 0 Å². The smallest absolute Gasteiger partial charge is 0.187 e. The predicted molar refractivity (Wildman–Crippen MR) is 300 cm³/mol. The van der Waals surface area contributed by atoms with E-state index in [0.29, 0.717) is 0 Å². The molecule has 0 aromatic heterocycles. The van der Waals surface area contributed by atoms with Crippen molar-refractivity contribution in [2.75, 3.05) is 39.6 Å². The average molecular weight is 1880 g/mol. The molecule has 572 valence electrons. The van der Waals surface area contributed by atoms with E-state index < -0.39 is 316 Å². The van der Waals surface area contributed by atoms with E-state index in [-0.39, 0.29) is 88.1 Å². The summed E-state index contributed by atoms with van der Waals surface area (Å²) < 4.78 is 100. The summed E-state index contributed by atoms with van der Waals surface area (Å²) in [6.07, 6.45) is -81.7. The molecule has 0 saturated carbocycles. The number of hydrogen-bond acceptors (Lipinski definition) is 40. The standard InChI is InChI=1S/C55H94N2O40.2Ac/c1-11-26(67)33(74)40(18(8-61)81-11)90-53-38(79)45(28(69)16(6-59)85-53)95-48-21(56)43(93-50-35(76)30(71)23(64)12(2)82-50)41(19(9-62)88-48)91-54-39(80)46(29(70)17(7-60)86-54)96-49-22(57)44(94-51-36(77)31(72)24(65)13(3)83-51)42(20(10-63)89-49)92-55-47(34(75)27(68)15(5-58)87-55)97-52-37(78)32(73)25(66)14(4)84-52;;/h11-80H,5-10H2,1-4H3;;/q-2;;/t11?,12?,13?,14-,15?,16?,17?,18?,19?,20?,21?,22?,23+,24+,25?,26?,27-,28-,29-,30?,31?,32?,33?,34?,35?,36?,37?,38?,39?,40+,41+,42+,43?,44?,45?,46?,47?,48-,49-,50?,51?,52-,53-,54-,55-;;/m0../s1. The van der Waals surface area contributed by atoms with Crippen LogP contribution in [0, 0.1) is 88.1 Å². The van der Waals surface area contributed by atoms with Crippen LogP contribution in [-0.2, 0) is 80.5 Å². The summed E-state index contributed by atoms with van der Waals surface area (Å²) >= 11 is 0. The molecule has 42 nitrogen and oxygen atoms in total. The monoisotopic (exact) mass is 1880 g/mol. The van der Waals surface area contributed by atoms with Crippen LogP contribution >= 0.6 is 0 Å². The summed E-state index contributed by atoms with van der Waals surface area (Å²) in [6, 6.07) is -4.33. The molecule has 44 heteroatoms. The van der Waals surface area contributed by atoms with Gasteiger partial charge in [0.25, 0.3) is 0 Å². The minimum absolute atomic E-state index is 0. The SMILES string of the molecule is CC1OC(CO)[C@@H](O[C@@H]2OC(CO)[C@H](O)C(O[C@@H]3OC(CO)[C@@H](O[C@@H]4OC(CO)[C@H](O)C(O[C@@H]5OC(CO)[C@@H](O[C@@H]6OC(CO)[C@H](O)C(O)C6O[C@@H]6O[C@@H](C)C(O)C(O)C6O)C(OC6OC(C)[C@@H](O)C(O)C6O)C5[NH-])C4O)C(OC4OC(C)[C@@H](O)C(O)C4O)C3[NH-])C2O)C(O)C1O.[Ac].[Ac]. The van der Waals surface area contributed by atoms with E-state index in [0.717, 1.165) is 0 Å². The third kappa shape index (κ3) is 18.5. The molecule has 30 unspecified atom stereocenters. The number of ether oxygens (including phenoxy) is 17. The Bertz CT molecular complexity index is 2430. The number of aliphatic hydroxyl groups is 23. The molecule has 9 aliphatic rings. The minimum Gasteiger partial charge on any atom is -0.668 e. The average Bonchev–Trinajstić information content (AvgIpc) is 0.764. The fraction of sp³-hybridized carbons (Fsp3) is 1.00. The van der Waals surface area contributed by atoms with E-state index in [1.807, 2.05) is 0 Å². The normalized spacial score (nSPS) is 53.8. The first-order chi connectivity index (χ1) is 45.9. The van der Waals surface area contributed by atoms with Gasteiger partial charge in [0.1, 0.15) is 190 Å². The van der Waals surface area contributed by atoms with Crippen molar-refractivity contribution in [2.24, 2.45) is 0 Å². The molecule has 45 atom stereocenters. The van der Waals surface area contributed by atoms with Gasteiger partial charge < -0.3 is 209 Å². The summed E-state index contributed by atoms with van der Waals surface area (Å²) in [4.78, 5) is 0. The van der Waals surface area contributed by atoms with Gasteiger partial charge in [-0.05, 0) is 27.7 Å². The molecule has 9 saturated heterocycles. The second-order valence-corrected chi connectivity index (χ2v) is 25.5. The zero-order chi connectivity index (χ0) is 71.2. The van der Waals surface area contributed by atoms with E-state index in [9.17, 15) is 129 Å². The molecule has 0 amide bonds. The molecular weight excluding hydrogens is 1780 g/mol. The van der Waals surface area contributed by atoms with Crippen LogP contribution in [0.1, 0.15) is 27.7 Å². The predicted octanol–water partition coefficient (Wildman–Crippen LogP) is -14.4. The fourth-order valence-electron chi connectivity index (χ4n) is 13.0. The van der Waals surface area contributed by atoms with Gasteiger partial charge in [-0.15, -0.1) is 0 Å². The van der Waals surface area contributed by atoms with Crippen molar-refractivity contribution in [3.8, 4) is 0 Å². The maximum Gasteiger partial charge on any atom is 0.187 e. The van der Waals surface area contributed by atoms with Gasteiger partial charge in [0.05, 0.1) is 76.3 Å². The minimum atomic E-state index is -2.40. The first-order valence-electron chi connectivity index (χ1n) is 31.6. The third-order valence-electron chi connectivity index (χ3n) is 19.0. The fourth-order valence-corrected chi connectivity index (χ4v) is 13.0. The maximum atomic E-state index is 12.3. The van der Waals surface area contributed by atoms with Gasteiger partial charge in [-0.3, -0.25) is 0 Å². The van der Waals surface area contributed by atoms with E-state index >= 15 is 0 Å². The topological polar surface area (TPSA) is 670 Å². The number of aliphatic hydroxyl groups excluding tert-OH is 23. The summed E-state index contributed by atoms with van der Waals surface area (Å²) in [5.41, 5.74) is 19.2. The summed E-state index contributed by atoms with van der Waals surface area (Å²) in [6.45, 7) is -1.09. The zero-order valence-electron chi connectivity index (χ0n) is 53.6. The van der Waals surface area contributed by atoms with Crippen molar-refractivity contribution < 1.29 is 286 Å². The largest absolute Gasteiger partial charge is 0.668 e. The van der Waals surface area contributed by atoms with Gasteiger partial charge in [-0.2, -0.15) is 0 Å². The van der Waals surface area contributed by atoms with Crippen molar-refractivity contribution in [1.29, 1.82) is 0 Å². The van der Waals surface area contributed by atoms with Crippen LogP contribution in [0.4, 0.5) is 0 Å². The Kier molecular flexibility index (Phi) is 33.3. The summed E-state index contributed by atoms with van der Waals surface area (Å²) in [5.74, 6) is 0. The van der Waals surface area contributed by atoms with Crippen LogP contribution in [-0.4, -0.2) is 433 Å². The Morgan fingerprint density at radius 3 is 0.818 bits per heavy atom. The first kappa shape index (κ1) is 87.4. The van der Waals surface area contributed by atoms with Crippen LogP contribution < -0.4 is 0 Å². The number of hydrogen-bond donors (Lipinski definition) is 23. The Morgan fingerprint density at radius 2 is 0.455 bits per heavy atom. The molecule has 9 aliphatic heterocycles. The quantitative estimate of drug-likeness (QED) is 0.0479. The molecule has 25 N–H and O–H groups in total. The first-order valence-corrected chi connectivity index (χ1v) is 31.6. The molecule has 0 spiro atoms. The van der Waals surface area contributed by atoms with Crippen molar-refractivity contribution in [3.05, 3.63) is 11.5 Å². The molecule has 0 aromatic rings. The van der Waals surface area contributed by atoms with Gasteiger partial charge in [0.15, 0.2) is 37.7 Å². The maximum absolute atomic E-state index is 12.3. The third-order valence-corrected chi connectivity index (χ3v) is 19.0. The second kappa shape index (κ2) is 37.7. The van der Waals surface area contributed by atoms with Gasteiger partial charge in [0, 0.05) is 88.1 Å². The molecule has 9 rings (SSSR count). The van der Waals surface area contributed by atoms with E-state index in [1.54, 1.807) is 0 Å². The Morgan fingerprint density at radius 1 is 0.212 bits per heavy atom. The van der Waals surface area contributed by atoms with E-state index in [1.165, 1.54) is 27.7 Å². The van der Waals surface area contributed by atoms with Gasteiger partial charge in [-0.1, -0.05) is 12.1 Å². The van der Waals surface area contributed by atoms with Crippen LogP contribution in [0.3, 0.4) is 0 Å². The molecule has 99 heavy (non-hydrogen) atoms. The molecule has 0 aromatic carbocycles. The van der Waals surface area contributed by atoms with Crippen LogP contribution in [0.25, 0.3) is 11.5 Å². The van der Waals surface area contributed by atoms with Gasteiger partial charge >= 0.3 is 0 Å².